The number of ether oxygens (including phenoxy) is 1. The van der Waals surface area contributed by atoms with Gasteiger partial charge in [0.05, 0.1) is 12.3 Å². The third-order valence-electron chi connectivity index (χ3n) is 4.78. The van der Waals surface area contributed by atoms with Gasteiger partial charge in [-0.3, -0.25) is 5.10 Å². The second-order valence-corrected chi connectivity index (χ2v) is 6.30. The van der Waals surface area contributed by atoms with E-state index in [0.29, 0.717) is 18.1 Å². The average molecular weight is 249 g/mol. The molecule has 4 nitrogen and oxygen atoms in total. The van der Waals surface area contributed by atoms with E-state index in [0.717, 1.165) is 18.8 Å². The minimum Gasteiger partial charge on any atom is -0.377 e. The molecule has 1 saturated heterocycles. The van der Waals surface area contributed by atoms with Crippen molar-refractivity contribution in [3.8, 4) is 0 Å². The van der Waals surface area contributed by atoms with Crippen molar-refractivity contribution in [2.45, 2.75) is 52.3 Å². The van der Waals surface area contributed by atoms with E-state index in [1.807, 2.05) is 6.20 Å². The number of H-pyrrole nitrogens is 1. The van der Waals surface area contributed by atoms with Gasteiger partial charge in [-0.25, -0.2) is 0 Å². The van der Waals surface area contributed by atoms with Gasteiger partial charge in [0.25, 0.3) is 0 Å². The summed E-state index contributed by atoms with van der Waals surface area (Å²) in [6, 6.07) is 0.567. The highest BCUT2D eigenvalue weighted by Crippen LogP contribution is 2.51. The Labute approximate surface area is 108 Å². The van der Waals surface area contributed by atoms with E-state index in [1.165, 1.54) is 18.4 Å². The summed E-state index contributed by atoms with van der Waals surface area (Å²) in [4.78, 5) is 0. The zero-order valence-corrected chi connectivity index (χ0v) is 11.5. The van der Waals surface area contributed by atoms with Crippen LogP contribution in [0.15, 0.2) is 6.20 Å². The number of nitrogens with one attached hydrogen (secondary N) is 2. The molecule has 3 rings (SSSR count). The van der Waals surface area contributed by atoms with E-state index in [9.17, 15) is 0 Å². The average Bonchev–Trinajstić information content (AvgIpc) is 2.75. The van der Waals surface area contributed by atoms with Crippen molar-refractivity contribution in [2.75, 3.05) is 6.61 Å². The predicted molar refractivity (Wildman–Crippen MR) is 70.2 cm³/mol. The van der Waals surface area contributed by atoms with Crippen molar-refractivity contribution in [3.63, 3.8) is 0 Å². The Balaban J connectivity index is 1.64. The summed E-state index contributed by atoms with van der Waals surface area (Å²) >= 11 is 0. The zero-order valence-electron chi connectivity index (χ0n) is 11.5. The first-order valence-electron chi connectivity index (χ1n) is 6.94. The fourth-order valence-corrected chi connectivity index (χ4v) is 3.71. The van der Waals surface area contributed by atoms with Gasteiger partial charge in [-0.2, -0.15) is 5.10 Å². The lowest BCUT2D eigenvalue weighted by Crippen LogP contribution is -2.69. The van der Waals surface area contributed by atoms with Crippen molar-refractivity contribution < 1.29 is 4.74 Å². The monoisotopic (exact) mass is 249 g/mol. The van der Waals surface area contributed by atoms with E-state index in [2.05, 4.69) is 36.3 Å². The van der Waals surface area contributed by atoms with Gasteiger partial charge in [0.1, 0.15) is 0 Å². The molecule has 18 heavy (non-hydrogen) atoms. The highest BCUT2D eigenvalue weighted by atomic mass is 16.5. The van der Waals surface area contributed by atoms with Gasteiger partial charge in [0.2, 0.25) is 0 Å². The molecule has 0 aromatic carbocycles. The molecular weight excluding hydrogens is 226 g/mol. The molecule has 2 aliphatic rings. The first kappa shape index (κ1) is 12.2. The van der Waals surface area contributed by atoms with Gasteiger partial charge in [0, 0.05) is 41.8 Å². The summed E-state index contributed by atoms with van der Waals surface area (Å²) in [5.41, 5.74) is 2.69. The van der Waals surface area contributed by atoms with E-state index in [4.69, 9.17) is 4.74 Å². The first-order chi connectivity index (χ1) is 8.60. The summed E-state index contributed by atoms with van der Waals surface area (Å²) in [5, 5.41) is 10.8. The molecule has 3 unspecified atom stereocenters. The number of hydrogen-bond donors (Lipinski definition) is 2. The third kappa shape index (κ3) is 1.79. The Morgan fingerprint density at radius 1 is 1.56 bits per heavy atom. The second kappa shape index (κ2) is 4.35. The number of nitrogens with zero attached hydrogens (tertiary/aromatic N) is 1. The van der Waals surface area contributed by atoms with Crippen LogP contribution in [-0.2, 0) is 11.3 Å². The number of fused-ring (bicyclic) bond motifs is 1. The Morgan fingerprint density at radius 2 is 2.39 bits per heavy atom. The van der Waals surface area contributed by atoms with Crippen LogP contribution >= 0.6 is 0 Å². The standard InChI is InChI=1S/C14H23N3O/c1-9-10(8-16-17-9)7-15-12-11-5-4-6-18-13(11)14(12,2)3/h8,11-13,15H,4-7H2,1-3H3,(H,16,17). The third-order valence-corrected chi connectivity index (χ3v) is 4.78. The number of aryl methyl sites for hydroxylation is 1. The van der Waals surface area contributed by atoms with Crippen molar-refractivity contribution >= 4 is 0 Å². The van der Waals surface area contributed by atoms with Gasteiger partial charge in [0.15, 0.2) is 0 Å². The van der Waals surface area contributed by atoms with E-state index in [-0.39, 0.29) is 5.41 Å². The molecule has 2 N–H and O–H groups in total. The number of hydrogen-bond acceptors (Lipinski definition) is 3. The van der Waals surface area contributed by atoms with E-state index >= 15 is 0 Å². The number of aromatic nitrogens is 2. The largest absolute Gasteiger partial charge is 0.377 e. The lowest BCUT2D eigenvalue weighted by atomic mass is 9.55. The Morgan fingerprint density at radius 3 is 3.11 bits per heavy atom. The van der Waals surface area contributed by atoms with Gasteiger partial charge < -0.3 is 10.1 Å². The first-order valence-corrected chi connectivity index (χ1v) is 6.94. The summed E-state index contributed by atoms with van der Waals surface area (Å²) in [7, 11) is 0. The van der Waals surface area contributed by atoms with Crippen molar-refractivity contribution in [3.05, 3.63) is 17.5 Å². The van der Waals surface area contributed by atoms with Crippen LogP contribution in [-0.4, -0.2) is 29.0 Å². The lowest BCUT2D eigenvalue weighted by molar-refractivity contribution is -0.192. The van der Waals surface area contributed by atoms with Gasteiger partial charge in [-0.05, 0) is 19.8 Å². The fraction of sp³-hybridized carbons (Fsp3) is 0.786. The summed E-state index contributed by atoms with van der Waals surface area (Å²) < 4.78 is 5.92. The molecule has 4 heteroatoms. The van der Waals surface area contributed by atoms with Gasteiger partial charge in [-0.1, -0.05) is 13.8 Å². The van der Waals surface area contributed by atoms with Crippen molar-refractivity contribution in [1.29, 1.82) is 0 Å². The summed E-state index contributed by atoms with van der Waals surface area (Å²) in [6.07, 6.45) is 4.88. The molecule has 1 aliphatic carbocycles. The summed E-state index contributed by atoms with van der Waals surface area (Å²) in [6.45, 7) is 8.55. The van der Waals surface area contributed by atoms with Crippen LogP contribution in [0.5, 0.6) is 0 Å². The molecule has 2 heterocycles. The quantitative estimate of drug-likeness (QED) is 0.861. The molecule has 0 spiro atoms. The topological polar surface area (TPSA) is 49.9 Å². The zero-order chi connectivity index (χ0) is 12.8. The molecule has 1 aromatic heterocycles. The van der Waals surface area contributed by atoms with E-state index in [1.54, 1.807) is 0 Å². The normalized spacial score (nSPS) is 33.8. The van der Waals surface area contributed by atoms with Gasteiger partial charge in [-0.15, -0.1) is 0 Å². The van der Waals surface area contributed by atoms with Crippen molar-refractivity contribution in [2.24, 2.45) is 11.3 Å². The smallest absolute Gasteiger partial charge is 0.0684 e. The maximum atomic E-state index is 5.92. The Bertz CT molecular complexity index is 426. The maximum absolute atomic E-state index is 5.92. The molecule has 1 aromatic rings. The van der Waals surface area contributed by atoms with Crippen LogP contribution in [0.3, 0.4) is 0 Å². The molecule has 1 saturated carbocycles. The van der Waals surface area contributed by atoms with Crippen molar-refractivity contribution in [1.82, 2.24) is 15.5 Å². The molecule has 0 bridgehead atoms. The molecule has 0 radical (unpaired) electrons. The van der Waals surface area contributed by atoms with Crippen LogP contribution in [0.25, 0.3) is 0 Å². The molecule has 3 atom stereocenters. The number of rotatable bonds is 3. The van der Waals surface area contributed by atoms with Crippen LogP contribution < -0.4 is 5.32 Å². The number of aromatic amines is 1. The Kier molecular flexibility index (Phi) is 2.94. The second-order valence-electron chi connectivity index (χ2n) is 6.30. The Hall–Kier alpha value is -0.870. The van der Waals surface area contributed by atoms with Crippen LogP contribution in [0.2, 0.25) is 0 Å². The SMILES string of the molecule is Cc1[nH]ncc1CNC1C2CCCOC2C1(C)C. The minimum absolute atomic E-state index is 0.253. The predicted octanol–water partition coefficient (Wildman–Crippen LogP) is 2.01. The molecule has 0 amide bonds. The highest BCUT2D eigenvalue weighted by Gasteiger charge is 2.57. The maximum Gasteiger partial charge on any atom is 0.0684 e. The molecule has 2 fully saturated rings. The fourth-order valence-electron chi connectivity index (χ4n) is 3.71. The lowest BCUT2D eigenvalue weighted by Gasteiger charge is -2.60. The van der Waals surface area contributed by atoms with Crippen LogP contribution in [0, 0.1) is 18.3 Å². The highest BCUT2D eigenvalue weighted by molar-refractivity contribution is 5.16. The van der Waals surface area contributed by atoms with Crippen LogP contribution in [0.1, 0.15) is 37.9 Å². The minimum atomic E-state index is 0.253. The molecule has 1 aliphatic heterocycles. The van der Waals surface area contributed by atoms with Gasteiger partial charge >= 0.3 is 0 Å². The molecule has 100 valence electrons. The molecular formula is C14H23N3O. The van der Waals surface area contributed by atoms with Crippen LogP contribution in [0.4, 0.5) is 0 Å². The summed E-state index contributed by atoms with van der Waals surface area (Å²) in [5.74, 6) is 0.695. The van der Waals surface area contributed by atoms with E-state index < -0.39 is 0 Å².